The molecule has 9 nitrogen and oxygen atoms in total. The van der Waals surface area contributed by atoms with Gasteiger partial charge in [0.05, 0.1) is 18.5 Å². The molecule has 2 rings (SSSR count). The van der Waals surface area contributed by atoms with E-state index in [0.717, 1.165) is 0 Å². The van der Waals surface area contributed by atoms with E-state index in [1.165, 1.54) is 13.3 Å². The molecule has 0 atom stereocenters. The number of aryl methyl sites for hydroxylation is 2. The number of aromatic nitrogens is 2. The number of rotatable bonds is 6. The summed E-state index contributed by atoms with van der Waals surface area (Å²) >= 11 is 0. The van der Waals surface area contributed by atoms with Gasteiger partial charge in [-0.2, -0.15) is 0 Å². The Morgan fingerprint density at radius 3 is 2.87 bits per heavy atom. The second-order valence-corrected chi connectivity index (χ2v) is 4.85. The first-order valence-corrected chi connectivity index (χ1v) is 6.82. The molecule has 0 fully saturated rings. The summed E-state index contributed by atoms with van der Waals surface area (Å²) in [5.74, 6) is 0.557. The van der Waals surface area contributed by atoms with Gasteiger partial charge in [0.15, 0.2) is 0 Å². The minimum Gasteiger partial charge on any atom is -0.497 e. The predicted molar refractivity (Wildman–Crippen MR) is 84.3 cm³/mol. The van der Waals surface area contributed by atoms with Gasteiger partial charge in [-0.05, 0) is 22.0 Å². The van der Waals surface area contributed by atoms with Crippen LogP contribution in [0.25, 0.3) is 0 Å². The van der Waals surface area contributed by atoms with E-state index < -0.39 is 4.92 Å². The van der Waals surface area contributed by atoms with E-state index in [-0.39, 0.29) is 24.7 Å². The largest absolute Gasteiger partial charge is 0.497 e. The summed E-state index contributed by atoms with van der Waals surface area (Å²) in [7, 11) is 1.52. The van der Waals surface area contributed by atoms with Crippen molar-refractivity contribution >= 4 is 23.1 Å². The number of imidazole rings is 1. The van der Waals surface area contributed by atoms with Crippen LogP contribution in [-0.2, 0) is 11.3 Å². The summed E-state index contributed by atoms with van der Waals surface area (Å²) < 4.78 is 6.64. The average molecular weight is 319 g/mol. The zero-order valence-corrected chi connectivity index (χ0v) is 12.8. The van der Waals surface area contributed by atoms with Gasteiger partial charge in [-0.25, -0.2) is 0 Å². The summed E-state index contributed by atoms with van der Waals surface area (Å²) in [6.45, 7) is 1.92. The molecule has 23 heavy (non-hydrogen) atoms. The molecule has 9 heteroatoms. The van der Waals surface area contributed by atoms with Crippen LogP contribution in [-0.4, -0.2) is 27.5 Å². The van der Waals surface area contributed by atoms with E-state index in [2.05, 4.69) is 10.3 Å². The smallest absolute Gasteiger partial charge is 0.381 e. The third-order valence-corrected chi connectivity index (χ3v) is 3.26. The summed E-state index contributed by atoms with van der Waals surface area (Å²) in [5, 5.41) is 13.4. The van der Waals surface area contributed by atoms with Crippen LogP contribution < -0.4 is 15.8 Å². The molecule has 0 unspecified atom stereocenters. The number of anilines is 2. The average Bonchev–Trinajstić information content (AvgIpc) is 2.89. The van der Waals surface area contributed by atoms with Crippen LogP contribution in [0, 0.1) is 17.0 Å². The number of nitrogens with two attached hydrogens (primary N) is 1. The van der Waals surface area contributed by atoms with E-state index in [9.17, 15) is 14.9 Å². The van der Waals surface area contributed by atoms with Gasteiger partial charge in [0.2, 0.25) is 11.7 Å². The van der Waals surface area contributed by atoms with Gasteiger partial charge in [0, 0.05) is 26.0 Å². The fraction of sp³-hybridized carbons (Fsp3) is 0.286. The molecule has 0 aliphatic rings. The second-order valence-electron chi connectivity index (χ2n) is 4.85. The Morgan fingerprint density at radius 1 is 1.52 bits per heavy atom. The van der Waals surface area contributed by atoms with E-state index in [0.29, 0.717) is 22.9 Å². The van der Waals surface area contributed by atoms with Crippen LogP contribution in [0.3, 0.4) is 0 Å². The molecule has 1 aromatic heterocycles. The van der Waals surface area contributed by atoms with Crippen LogP contribution in [0.15, 0.2) is 24.4 Å². The number of ether oxygens (including phenoxy) is 1. The number of amides is 1. The minimum absolute atomic E-state index is 0.130. The molecule has 122 valence electrons. The molecular weight excluding hydrogens is 302 g/mol. The monoisotopic (exact) mass is 319 g/mol. The lowest BCUT2D eigenvalue weighted by atomic mass is 10.2. The summed E-state index contributed by atoms with van der Waals surface area (Å²) in [6, 6.07) is 4.96. The highest BCUT2D eigenvalue weighted by atomic mass is 16.6. The molecule has 0 spiro atoms. The summed E-state index contributed by atoms with van der Waals surface area (Å²) in [5.41, 5.74) is 6.69. The van der Waals surface area contributed by atoms with Gasteiger partial charge in [0.25, 0.3) is 0 Å². The Labute approximate surface area is 132 Å². The van der Waals surface area contributed by atoms with E-state index in [4.69, 9.17) is 10.5 Å². The molecule has 3 N–H and O–H groups in total. The Kier molecular flexibility index (Phi) is 4.79. The molecule has 2 aromatic rings. The molecule has 1 heterocycles. The Morgan fingerprint density at radius 2 is 2.26 bits per heavy atom. The van der Waals surface area contributed by atoms with E-state index in [1.807, 2.05) is 0 Å². The van der Waals surface area contributed by atoms with Crippen LogP contribution in [0.5, 0.6) is 5.75 Å². The van der Waals surface area contributed by atoms with Gasteiger partial charge in [0.1, 0.15) is 11.9 Å². The highest BCUT2D eigenvalue weighted by Crippen LogP contribution is 2.24. The number of nitrogens with one attached hydrogen (secondary N) is 1. The lowest BCUT2D eigenvalue weighted by Gasteiger charge is -2.10. The number of nitro groups is 1. The van der Waals surface area contributed by atoms with Crippen molar-refractivity contribution in [3.63, 3.8) is 0 Å². The fourth-order valence-corrected chi connectivity index (χ4v) is 2.01. The van der Waals surface area contributed by atoms with E-state index in [1.54, 1.807) is 29.7 Å². The molecule has 0 saturated carbocycles. The number of methoxy groups -OCH3 is 1. The second kappa shape index (κ2) is 6.77. The van der Waals surface area contributed by atoms with Crippen molar-refractivity contribution in [3.05, 3.63) is 40.3 Å². The number of hydrogen-bond acceptors (Lipinski definition) is 6. The summed E-state index contributed by atoms with van der Waals surface area (Å²) in [4.78, 5) is 25.9. The lowest BCUT2D eigenvalue weighted by molar-refractivity contribution is -0.389. The molecule has 1 aromatic carbocycles. The number of nitrogens with zero attached hydrogens (tertiary/aromatic N) is 3. The highest BCUT2D eigenvalue weighted by molar-refractivity contribution is 5.94. The molecule has 0 saturated heterocycles. The van der Waals surface area contributed by atoms with E-state index >= 15 is 0 Å². The van der Waals surface area contributed by atoms with Gasteiger partial charge in [-0.3, -0.25) is 4.79 Å². The Hall–Kier alpha value is -3.10. The van der Waals surface area contributed by atoms with Crippen molar-refractivity contribution in [3.8, 4) is 5.75 Å². The van der Waals surface area contributed by atoms with Crippen molar-refractivity contribution in [1.82, 2.24) is 9.55 Å². The maximum atomic E-state index is 12.0. The molecular formula is C14H17N5O4. The molecule has 0 aliphatic heterocycles. The van der Waals surface area contributed by atoms with Gasteiger partial charge in [-0.15, -0.1) is 0 Å². The molecule has 0 bridgehead atoms. The standard InChI is InChI=1S/C14H17N5O4/c1-9-16-13(19(21)22)8-18(9)6-5-14(20)17-12-7-10(23-2)3-4-11(12)15/h3-4,7-8H,5-6,15H2,1-2H3,(H,17,20). The topological polar surface area (TPSA) is 125 Å². The molecule has 0 aliphatic carbocycles. The quantitative estimate of drug-likeness (QED) is 0.474. The van der Waals surface area contributed by atoms with Crippen molar-refractivity contribution in [2.45, 2.75) is 19.9 Å². The number of carbonyl (C=O) groups excluding carboxylic acids is 1. The zero-order chi connectivity index (χ0) is 17.0. The van der Waals surface area contributed by atoms with Crippen molar-refractivity contribution < 1.29 is 14.5 Å². The maximum Gasteiger partial charge on any atom is 0.381 e. The number of hydrogen-bond donors (Lipinski definition) is 2. The first kappa shape index (κ1) is 16.3. The third kappa shape index (κ3) is 3.96. The van der Waals surface area contributed by atoms with Crippen molar-refractivity contribution in [2.75, 3.05) is 18.2 Å². The lowest BCUT2D eigenvalue weighted by Crippen LogP contribution is -2.15. The first-order chi connectivity index (χ1) is 10.9. The van der Waals surface area contributed by atoms with Crippen LogP contribution in [0.1, 0.15) is 12.2 Å². The number of carbonyl (C=O) groups is 1. The fourth-order valence-electron chi connectivity index (χ4n) is 2.01. The molecule has 1 amide bonds. The third-order valence-electron chi connectivity index (χ3n) is 3.26. The van der Waals surface area contributed by atoms with Crippen LogP contribution in [0.2, 0.25) is 0 Å². The van der Waals surface area contributed by atoms with Gasteiger partial charge in [-0.1, -0.05) is 0 Å². The van der Waals surface area contributed by atoms with Crippen molar-refractivity contribution in [1.29, 1.82) is 0 Å². The Balaban J connectivity index is 1.99. The highest BCUT2D eigenvalue weighted by Gasteiger charge is 2.16. The normalized spacial score (nSPS) is 10.3. The maximum absolute atomic E-state index is 12.0. The van der Waals surface area contributed by atoms with Crippen LogP contribution >= 0.6 is 0 Å². The SMILES string of the molecule is COc1ccc(N)c(NC(=O)CCn2cc([N+](=O)[O-])nc2C)c1. The number of benzene rings is 1. The molecule has 0 radical (unpaired) electrons. The van der Waals surface area contributed by atoms with Crippen molar-refractivity contribution in [2.24, 2.45) is 0 Å². The first-order valence-electron chi connectivity index (χ1n) is 6.82. The van der Waals surface area contributed by atoms with Gasteiger partial charge < -0.3 is 30.5 Å². The summed E-state index contributed by atoms with van der Waals surface area (Å²) in [6.07, 6.45) is 1.44. The van der Waals surface area contributed by atoms with Gasteiger partial charge >= 0.3 is 5.82 Å². The minimum atomic E-state index is -0.569. The Bertz CT molecular complexity index is 741. The number of nitrogen functional groups attached to an aromatic ring is 1. The zero-order valence-electron chi connectivity index (χ0n) is 12.8. The van der Waals surface area contributed by atoms with Crippen LogP contribution in [0.4, 0.5) is 17.2 Å². The predicted octanol–water partition coefficient (Wildman–Crippen LogP) is 1.72.